The van der Waals surface area contributed by atoms with Crippen LogP contribution in [0.1, 0.15) is 18.4 Å². The number of ether oxygens (including phenoxy) is 1. The summed E-state index contributed by atoms with van der Waals surface area (Å²) in [5.74, 6) is -0.0813. The third kappa shape index (κ3) is 3.54. The van der Waals surface area contributed by atoms with Crippen molar-refractivity contribution in [1.82, 2.24) is 10.2 Å². The molecule has 1 N–H and O–H groups in total. The summed E-state index contributed by atoms with van der Waals surface area (Å²) in [6.07, 6.45) is 3.96. The van der Waals surface area contributed by atoms with Crippen LogP contribution in [0.15, 0.2) is 30.0 Å². The molecule has 122 valence electrons. The fourth-order valence-corrected chi connectivity index (χ4v) is 3.03. The lowest BCUT2D eigenvalue weighted by molar-refractivity contribution is -0.123. The van der Waals surface area contributed by atoms with Crippen LogP contribution in [0.3, 0.4) is 0 Å². The molecule has 0 bridgehead atoms. The van der Waals surface area contributed by atoms with E-state index in [0.717, 1.165) is 30.7 Å². The molecule has 6 heteroatoms. The minimum absolute atomic E-state index is 0.0813. The summed E-state index contributed by atoms with van der Waals surface area (Å²) >= 11 is 5.29. The zero-order chi connectivity index (χ0) is 16.4. The van der Waals surface area contributed by atoms with Crippen molar-refractivity contribution < 1.29 is 9.53 Å². The first-order valence-electron chi connectivity index (χ1n) is 7.78. The van der Waals surface area contributed by atoms with Gasteiger partial charge in [-0.15, -0.1) is 0 Å². The molecular weight excluding hydrogens is 310 g/mol. The SMILES string of the molecule is CN(C)c1ccc(/C=C2/NC(=S)N(CC3CCCO3)C2=O)cc1. The highest BCUT2D eigenvalue weighted by Gasteiger charge is 2.33. The summed E-state index contributed by atoms with van der Waals surface area (Å²) < 4.78 is 5.60. The second kappa shape index (κ2) is 6.68. The Labute approximate surface area is 141 Å². The van der Waals surface area contributed by atoms with E-state index in [4.69, 9.17) is 17.0 Å². The molecule has 1 unspecified atom stereocenters. The van der Waals surface area contributed by atoms with E-state index < -0.39 is 0 Å². The molecule has 0 spiro atoms. The average Bonchev–Trinajstić information content (AvgIpc) is 3.12. The van der Waals surface area contributed by atoms with Gasteiger partial charge >= 0.3 is 0 Å². The van der Waals surface area contributed by atoms with Crippen LogP contribution in [-0.4, -0.2) is 49.3 Å². The van der Waals surface area contributed by atoms with E-state index in [1.807, 2.05) is 49.3 Å². The Kier molecular flexibility index (Phi) is 4.63. The Hall–Kier alpha value is -1.92. The van der Waals surface area contributed by atoms with Crippen molar-refractivity contribution in [3.63, 3.8) is 0 Å². The molecular formula is C17H21N3O2S. The molecule has 2 heterocycles. The molecule has 3 rings (SSSR count). The number of benzene rings is 1. The van der Waals surface area contributed by atoms with Crippen LogP contribution < -0.4 is 10.2 Å². The van der Waals surface area contributed by atoms with Crippen molar-refractivity contribution in [2.75, 3.05) is 32.1 Å². The number of carbonyl (C=O) groups is 1. The number of hydrogen-bond acceptors (Lipinski definition) is 4. The van der Waals surface area contributed by atoms with Crippen LogP contribution in [0.2, 0.25) is 0 Å². The van der Waals surface area contributed by atoms with Gasteiger partial charge in [-0.05, 0) is 48.8 Å². The molecule has 0 radical (unpaired) electrons. The second-order valence-corrected chi connectivity index (χ2v) is 6.41. The largest absolute Gasteiger partial charge is 0.378 e. The van der Waals surface area contributed by atoms with Gasteiger partial charge in [-0.25, -0.2) is 0 Å². The van der Waals surface area contributed by atoms with Crippen LogP contribution >= 0.6 is 12.2 Å². The molecule has 1 aromatic rings. The normalized spacial score (nSPS) is 22.8. The van der Waals surface area contributed by atoms with E-state index in [1.54, 1.807) is 4.90 Å². The van der Waals surface area contributed by atoms with E-state index in [0.29, 0.717) is 17.4 Å². The second-order valence-electron chi connectivity index (χ2n) is 6.02. The van der Waals surface area contributed by atoms with E-state index in [1.165, 1.54) is 0 Å². The van der Waals surface area contributed by atoms with Crippen molar-refractivity contribution in [2.45, 2.75) is 18.9 Å². The summed E-state index contributed by atoms with van der Waals surface area (Å²) in [5, 5.41) is 3.48. The molecule has 0 aliphatic carbocycles. The van der Waals surface area contributed by atoms with Crippen LogP contribution in [0.25, 0.3) is 6.08 Å². The Balaban J connectivity index is 1.72. The van der Waals surface area contributed by atoms with Gasteiger partial charge in [0, 0.05) is 26.4 Å². The number of rotatable bonds is 4. The number of thiocarbonyl (C=S) groups is 1. The van der Waals surface area contributed by atoms with Gasteiger partial charge in [0.15, 0.2) is 5.11 Å². The van der Waals surface area contributed by atoms with Gasteiger partial charge in [-0.1, -0.05) is 12.1 Å². The topological polar surface area (TPSA) is 44.8 Å². The van der Waals surface area contributed by atoms with E-state index in [9.17, 15) is 4.79 Å². The summed E-state index contributed by atoms with van der Waals surface area (Å²) in [6.45, 7) is 1.30. The van der Waals surface area contributed by atoms with Crippen LogP contribution in [-0.2, 0) is 9.53 Å². The molecule has 1 atom stereocenters. The van der Waals surface area contributed by atoms with Crippen molar-refractivity contribution in [3.05, 3.63) is 35.5 Å². The van der Waals surface area contributed by atoms with Gasteiger partial charge in [-0.2, -0.15) is 0 Å². The zero-order valence-corrected chi connectivity index (χ0v) is 14.2. The highest BCUT2D eigenvalue weighted by atomic mass is 32.1. The summed E-state index contributed by atoms with van der Waals surface area (Å²) in [6, 6.07) is 8.02. The smallest absolute Gasteiger partial charge is 0.276 e. The number of nitrogens with zero attached hydrogens (tertiary/aromatic N) is 2. The fourth-order valence-electron chi connectivity index (χ4n) is 2.76. The third-order valence-electron chi connectivity index (χ3n) is 4.09. The van der Waals surface area contributed by atoms with Crippen molar-refractivity contribution in [1.29, 1.82) is 0 Å². The summed E-state index contributed by atoms with van der Waals surface area (Å²) in [5.41, 5.74) is 2.60. The lowest BCUT2D eigenvalue weighted by Gasteiger charge is -2.18. The number of amides is 1. The predicted octanol–water partition coefficient (Wildman–Crippen LogP) is 1.99. The monoisotopic (exact) mass is 331 g/mol. The number of nitrogens with one attached hydrogen (secondary N) is 1. The molecule has 2 saturated heterocycles. The van der Waals surface area contributed by atoms with Gasteiger partial charge in [0.05, 0.1) is 12.6 Å². The number of hydrogen-bond donors (Lipinski definition) is 1. The van der Waals surface area contributed by atoms with Crippen LogP contribution in [0.5, 0.6) is 0 Å². The highest BCUT2D eigenvalue weighted by molar-refractivity contribution is 7.80. The van der Waals surface area contributed by atoms with Crippen molar-refractivity contribution in [3.8, 4) is 0 Å². The Morgan fingerprint density at radius 2 is 2.13 bits per heavy atom. The highest BCUT2D eigenvalue weighted by Crippen LogP contribution is 2.20. The average molecular weight is 331 g/mol. The molecule has 2 aliphatic heterocycles. The summed E-state index contributed by atoms with van der Waals surface area (Å²) in [7, 11) is 3.99. The molecule has 2 aliphatic rings. The fraction of sp³-hybridized carbons (Fsp3) is 0.412. The first kappa shape index (κ1) is 16.0. The Morgan fingerprint density at radius 1 is 1.39 bits per heavy atom. The summed E-state index contributed by atoms with van der Waals surface area (Å²) in [4.78, 5) is 16.2. The first-order chi connectivity index (χ1) is 11.0. The van der Waals surface area contributed by atoms with E-state index in [-0.39, 0.29) is 12.0 Å². The third-order valence-corrected chi connectivity index (χ3v) is 4.42. The maximum absolute atomic E-state index is 12.5. The number of anilines is 1. The molecule has 2 fully saturated rings. The van der Waals surface area contributed by atoms with Gasteiger partial charge in [0.2, 0.25) is 0 Å². The van der Waals surface area contributed by atoms with Gasteiger partial charge in [0.25, 0.3) is 5.91 Å². The maximum Gasteiger partial charge on any atom is 0.276 e. The minimum atomic E-state index is -0.0813. The lowest BCUT2D eigenvalue weighted by atomic mass is 10.1. The lowest BCUT2D eigenvalue weighted by Crippen LogP contribution is -2.37. The molecule has 5 nitrogen and oxygen atoms in total. The maximum atomic E-state index is 12.5. The van der Waals surface area contributed by atoms with Crippen LogP contribution in [0.4, 0.5) is 5.69 Å². The molecule has 1 aromatic carbocycles. The number of carbonyl (C=O) groups excluding carboxylic acids is 1. The molecule has 0 aromatic heterocycles. The predicted molar refractivity (Wildman–Crippen MR) is 95.2 cm³/mol. The van der Waals surface area contributed by atoms with E-state index in [2.05, 4.69) is 5.32 Å². The van der Waals surface area contributed by atoms with Gasteiger partial charge < -0.3 is 15.0 Å². The van der Waals surface area contributed by atoms with Gasteiger partial charge in [-0.3, -0.25) is 9.69 Å². The Morgan fingerprint density at radius 3 is 2.74 bits per heavy atom. The standard InChI is InChI=1S/C17H21N3O2S/c1-19(2)13-7-5-12(6-8-13)10-15-16(21)20(17(23)18-15)11-14-4-3-9-22-14/h5-8,10,14H,3-4,9,11H2,1-2H3,(H,18,23)/b15-10+. The molecule has 1 amide bonds. The molecule has 23 heavy (non-hydrogen) atoms. The minimum Gasteiger partial charge on any atom is -0.378 e. The quantitative estimate of drug-likeness (QED) is 0.675. The Bertz CT molecular complexity index is 634. The zero-order valence-electron chi connectivity index (χ0n) is 13.4. The van der Waals surface area contributed by atoms with Crippen molar-refractivity contribution >= 4 is 35.0 Å². The van der Waals surface area contributed by atoms with Crippen LogP contribution in [0, 0.1) is 0 Å². The van der Waals surface area contributed by atoms with Gasteiger partial charge in [0.1, 0.15) is 5.70 Å². The first-order valence-corrected chi connectivity index (χ1v) is 8.19. The van der Waals surface area contributed by atoms with E-state index >= 15 is 0 Å². The van der Waals surface area contributed by atoms with Crippen molar-refractivity contribution in [2.24, 2.45) is 0 Å². The molecule has 0 saturated carbocycles.